The van der Waals surface area contributed by atoms with Crippen LogP contribution in [0.25, 0.3) is 0 Å². The third-order valence-corrected chi connectivity index (χ3v) is 0. The van der Waals surface area contributed by atoms with Crippen LogP contribution in [0.5, 0.6) is 0 Å². The van der Waals surface area contributed by atoms with Gasteiger partial charge in [0, 0.05) is 989 Å². The van der Waals surface area contributed by atoms with E-state index in [1.807, 2.05) is 0 Å². The van der Waals surface area contributed by atoms with Crippen LogP contribution in [0.4, 0.5) is 0 Å². The summed E-state index contributed by atoms with van der Waals surface area (Å²) in [5.41, 5.74) is 0. The van der Waals surface area contributed by atoms with Crippen molar-refractivity contribution < 1.29 is 244 Å². The van der Waals surface area contributed by atoms with E-state index >= 15 is 0 Å². The molecule has 0 aromatic rings. The van der Waals surface area contributed by atoms with E-state index in [1.165, 1.54) is 0 Å². The molecule has 0 saturated carbocycles. The van der Waals surface area contributed by atoms with Gasteiger partial charge in [0.05, 0.1) is 0 Å². The fraction of sp³-hybridized carbons (Fsp3) is 0. The Labute approximate surface area is 1180 Å². The van der Waals surface area contributed by atoms with E-state index in [-0.39, 0.29) is 1230 Å². The molecule has 6 N–H and O–H groups in total. The van der Waals surface area contributed by atoms with Crippen LogP contribution in [0, 0.1) is 0 Å². The minimum atomic E-state index is 0. The summed E-state index contributed by atoms with van der Waals surface area (Å²) < 4.78 is 0. The molecule has 7 nitrogen and oxygen atoms in total. The second-order valence-electron chi connectivity index (χ2n) is 0. The van der Waals surface area contributed by atoms with Gasteiger partial charge in [0.2, 0.25) is 0 Å². The van der Waals surface area contributed by atoms with E-state index in [0.29, 0.717) is 0 Å². The van der Waals surface area contributed by atoms with Gasteiger partial charge < -0.3 is 38.3 Å². The Morgan fingerprint density at radius 2 is 0.147 bits per heavy atom. The van der Waals surface area contributed by atoms with Crippen LogP contribution in [0.15, 0.2) is 0 Å². The van der Waals surface area contributed by atoms with Gasteiger partial charge in [0.25, 0.3) is 0 Å². The summed E-state index contributed by atoms with van der Waals surface area (Å²) in [4.78, 5) is 0. The van der Waals surface area contributed by atoms with Gasteiger partial charge in [-0.05, 0) is 0 Å². The van der Waals surface area contributed by atoms with E-state index in [2.05, 4.69) is 0 Å². The average molecular weight is 2520 g/mol. The number of rotatable bonds is 0. The normalized spacial score (nSPS) is 0. The molecule has 0 aromatic heterocycles. The second-order valence-corrected chi connectivity index (χ2v) is 0. The predicted octanol–water partition coefficient (Wildman–Crippen LogP) is -21.9. The van der Waals surface area contributed by atoms with Crippen molar-refractivity contribution in [1.29, 1.82) is 0 Å². The molecule has 34 heavy (non-hydrogen) atoms. The largest absolute Gasteiger partial charge is 2.00 e. The summed E-state index contributed by atoms with van der Waals surface area (Å²) in [6.45, 7) is 0. The summed E-state index contributed by atoms with van der Waals surface area (Å²) >= 11 is 0. The van der Waals surface area contributed by atoms with E-state index in [4.69, 9.17) is 0 Å². The second kappa shape index (κ2) is 240. The van der Waals surface area contributed by atoms with Gasteiger partial charge in [0.15, 0.2) is 0 Å². The van der Waals surface area contributed by atoms with Crippen molar-refractivity contribution in [3.05, 3.63) is 0 Å². The molecule has 0 bridgehead atoms. The van der Waals surface area contributed by atoms with E-state index < -0.39 is 0 Å². The molecule has 0 aliphatic rings. The van der Waals surface area contributed by atoms with Gasteiger partial charge in [-0.3, -0.25) is 0 Å². The fourth-order valence-electron chi connectivity index (χ4n) is 0. The Kier molecular flexibility index (Phi) is 1770. The van der Waals surface area contributed by atoms with Gasteiger partial charge in [-0.2, -0.15) is 0 Å². The van der Waals surface area contributed by atoms with Crippen molar-refractivity contribution in [2.24, 2.45) is 0 Å². The summed E-state index contributed by atoms with van der Waals surface area (Å²) in [6, 6.07) is 0. The summed E-state index contributed by atoms with van der Waals surface area (Å²) in [7, 11) is 0. The molecule has 0 rings (SSSR count). The van der Waals surface area contributed by atoms with E-state index in [0.717, 1.165) is 0 Å². The molecule has 0 fully saturated rings. The zero-order valence-corrected chi connectivity index (χ0v) is 117. The monoisotopic (exact) mass is 2520 g/mol. The standard InChI is InChI=1S/19K.6H2O.O.8Pb/h;;;;;;;;;;;;;;;;;;;6*1H2;;;;;;;;;/q;;;;;;;;;;;;;;;4*+1;;;;;;;-2;;;;;;;;/p-6. The zero-order chi connectivity index (χ0) is 0. The third-order valence-electron chi connectivity index (χ3n) is 0. The van der Waals surface area contributed by atoms with Crippen LogP contribution in [-0.4, -0.2) is 1020 Å². The summed E-state index contributed by atoms with van der Waals surface area (Å²) in [5.74, 6) is 0. The molecular formula is H6K19O7Pb8-4. The first kappa shape index (κ1) is 251. The van der Waals surface area contributed by atoms with Crippen LogP contribution in [0.3, 0.4) is 0 Å². The van der Waals surface area contributed by atoms with Crippen molar-refractivity contribution in [3.8, 4) is 0 Å². The maximum Gasteiger partial charge on any atom is 1.00 e. The van der Waals surface area contributed by atoms with E-state index in [9.17, 15) is 0 Å². The zero-order valence-electron chi connectivity index (χ0n) is 26.1. The van der Waals surface area contributed by atoms with Crippen molar-refractivity contribution in [2.45, 2.75) is 0 Å². The molecule has 0 atom stereocenters. The van der Waals surface area contributed by atoms with Gasteiger partial charge in [-0.15, -0.1) is 0 Å². The topological polar surface area (TPSA) is 208 Å². The smallest absolute Gasteiger partial charge is 1.00 e. The minimum absolute atomic E-state index is 0. The van der Waals surface area contributed by atoms with Crippen LogP contribution in [-0.2, 0) is 5.48 Å². The first-order chi connectivity index (χ1) is 0. The summed E-state index contributed by atoms with van der Waals surface area (Å²) in [6.07, 6.45) is 0. The Bertz CT molecular complexity index is 48.6. The maximum atomic E-state index is 0. The minimum Gasteiger partial charge on any atom is -2.00 e. The average Bonchev–Trinajstić information content (AvgIpc) is 0. The SMILES string of the molecule is [K+].[K+].[K+].[K+].[K].[K].[K].[K].[K].[K].[K].[K].[K].[K].[K].[K].[K].[K].[K].[O-2].[OH-].[OH-].[OH-].[OH-].[OH-].[OH-].[Pb].[Pb].[Pb].[Pb].[Pb].[Pb].[Pb].[Pb]. The van der Waals surface area contributed by atoms with E-state index in [1.54, 1.807) is 0 Å². The molecule has 103 valence electrons. The molecule has 47 radical (unpaired) electrons. The molecule has 0 spiro atoms. The molecule has 34 heteroatoms. The maximum absolute atomic E-state index is 0. The van der Waals surface area contributed by atoms with Crippen molar-refractivity contribution in [2.75, 3.05) is 0 Å². The number of hydrogen-bond donors (Lipinski definition) is 0. The van der Waals surface area contributed by atoms with Crippen LogP contribution >= 0.6 is 0 Å². The number of hydrogen-bond acceptors (Lipinski definition) is 6. The predicted molar refractivity (Wildman–Crippen MR) is 145 cm³/mol. The van der Waals surface area contributed by atoms with Crippen molar-refractivity contribution in [1.82, 2.24) is 0 Å². The fourth-order valence-corrected chi connectivity index (χ4v) is 0. The first-order valence-electron chi connectivity index (χ1n) is 0. The van der Waals surface area contributed by atoms with Crippen LogP contribution < -0.4 is 206 Å². The molecule has 0 heterocycles. The van der Waals surface area contributed by atoms with Crippen LogP contribution in [0.1, 0.15) is 0 Å². The van der Waals surface area contributed by atoms with Gasteiger partial charge in [-0.1, -0.05) is 0 Å². The quantitative estimate of drug-likeness (QED) is 0.215. The molecule has 0 amide bonds. The van der Waals surface area contributed by atoms with Gasteiger partial charge in [-0.25, -0.2) is 0 Å². The van der Waals surface area contributed by atoms with Crippen molar-refractivity contribution in [3.63, 3.8) is 0 Å². The molecule has 0 aromatic carbocycles. The Morgan fingerprint density at radius 1 is 0.147 bits per heavy atom. The van der Waals surface area contributed by atoms with Crippen molar-refractivity contribution >= 4 is 989 Å². The molecular weight excluding hydrogens is 2510 g/mol. The Balaban J connectivity index is 0. The molecule has 0 saturated heterocycles. The van der Waals surface area contributed by atoms with Crippen LogP contribution in [0.2, 0.25) is 0 Å². The summed E-state index contributed by atoms with van der Waals surface area (Å²) in [5, 5.41) is 0. The Morgan fingerprint density at radius 3 is 0.147 bits per heavy atom. The molecule has 0 aliphatic carbocycles. The third kappa shape index (κ3) is 230. The molecule has 0 unspecified atom stereocenters. The molecule has 0 aliphatic heterocycles. The van der Waals surface area contributed by atoms with Gasteiger partial charge >= 0.3 is 206 Å². The van der Waals surface area contributed by atoms with Gasteiger partial charge in [0.1, 0.15) is 0 Å². The Hall–Kier alpha value is 38.2. The first-order valence-corrected chi connectivity index (χ1v) is 0.